The van der Waals surface area contributed by atoms with Crippen LogP contribution in [-0.4, -0.2) is 32.6 Å². The molecule has 0 bridgehead atoms. The van der Waals surface area contributed by atoms with Crippen molar-refractivity contribution >= 4 is 11.8 Å². The number of nitrogens with one attached hydrogen (secondary N) is 1. The van der Waals surface area contributed by atoms with E-state index in [0.717, 1.165) is 19.4 Å². The number of rotatable bonds is 7. The normalized spacial score (nSPS) is 13.8. The van der Waals surface area contributed by atoms with Gasteiger partial charge < -0.3 is 9.88 Å². The lowest BCUT2D eigenvalue weighted by Crippen LogP contribution is -2.33. The second-order valence-electron chi connectivity index (χ2n) is 5.67. The molecule has 18 heavy (non-hydrogen) atoms. The zero-order valence-electron chi connectivity index (χ0n) is 12.4. The molecule has 1 aromatic rings. The number of imidazole rings is 1. The molecule has 1 aromatic heterocycles. The van der Waals surface area contributed by atoms with Crippen LogP contribution in [0.2, 0.25) is 0 Å². The molecule has 1 N–H and O–H groups in total. The summed E-state index contributed by atoms with van der Waals surface area (Å²) in [6.45, 7) is 10.0. The van der Waals surface area contributed by atoms with Crippen LogP contribution in [0.5, 0.6) is 0 Å². The molecule has 0 aliphatic rings. The maximum Gasteiger partial charge on any atom is 0.108 e. The second kappa shape index (κ2) is 7.19. The summed E-state index contributed by atoms with van der Waals surface area (Å²) in [6, 6.07) is 0.580. The van der Waals surface area contributed by atoms with Crippen molar-refractivity contribution in [2.24, 2.45) is 7.05 Å². The highest BCUT2D eigenvalue weighted by molar-refractivity contribution is 8.00. The third-order valence-corrected chi connectivity index (χ3v) is 4.28. The summed E-state index contributed by atoms with van der Waals surface area (Å²) in [6.07, 6.45) is 6.09. The number of hydrogen-bond donors (Lipinski definition) is 1. The first-order valence-electron chi connectivity index (χ1n) is 6.76. The topological polar surface area (TPSA) is 29.9 Å². The van der Waals surface area contributed by atoms with Crippen LogP contribution in [0.25, 0.3) is 0 Å². The first-order valence-corrected chi connectivity index (χ1v) is 7.74. The lowest BCUT2D eigenvalue weighted by molar-refractivity contribution is 0.525. The molecule has 1 atom stereocenters. The zero-order valence-corrected chi connectivity index (χ0v) is 13.2. The Hall–Kier alpha value is -0.480. The molecule has 0 saturated heterocycles. The van der Waals surface area contributed by atoms with Gasteiger partial charge in [0.05, 0.1) is 0 Å². The standard InChI is InChI=1S/C14H27N3S/c1-6-15-12(11-18-14(2,3)4)7-8-13-16-9-10-17(13)5/h9-10,12,15H,6-8,11H2,1-5H3. The van der Waals surface area contributed by atoms with Crippen molar-refractivity contribution in [1.82, 2.24) is 14.9 Å². The van der Waals surface area contributed by atoms with E-state index in [9.17, 15) is 0 Å². The molecular formula is C14H27N3S. The van der Waals surface area contributed by atoms with E-state index in [2.05, 4.69) is 49.6 Å². The van der Waals surface area contributed by atoms with Crippen molar-refractivity contribution in [3.05, 3.63) is 18.2 Å². The minimum Gasteiger partial charge on any atom is -0.338 e. The Morgan fingerprint density at radius 1 is 1.44 bits per heavy atom. The van der Waals surface area contributed by atoms with E-state index in [1.54, 1.807) is 0 Å². The lowest BCUT2D eigenvalue weighted by Gasteiger charge is -2.23. The Morgan fingerprint density at radius 3 is 2.67 bits per heavy atom. The predicted molar refractivity (Wildman–Crippen MR) is 81.2 cm³/mol. The summed E-state index contributed by atoms with van der Waals surface area (Å²) in [5.74, 6) is 2.35. The van der Waals surface area contributed by atoms with Gasteiger partial charge in [0, 0.05) is 42.4 Å². The van der Waals surface area contributed by atoms with Crippen LogP contribution < -0.4 is 5.32 Å². The monoisotopic (exact) mass is 269 g/mol. The van der Waals surface area contributed by atoms with Crippen LogP contribution in [0.15, 0.2) is 12.4 Å². The molecule has 0 aliphatic carbocycles. The van der Waals surface area contributed by atoms with Gasteiger partial charge in [-0.05, 0) is 13.0 Å². The maximum atomic E-state index is 4.39. The molecule has 1 rings (SSSR count). The van der Waals surface area contributed by atoms with E-state index in [-0.39, 0.29) is 0 Å². The molecule has 104 valence electrons. The van der Waals surface area contributed by atoms with Crippen molar-refractivity contribution in [1.29, 1.82) is 0 Å². The van der Waals surface area contributed by atoms with Crippen LogP contribution in [-0.2, 0) is 13.5 Å². The van der Waals surface area contributed by atoms with Crippen molar-refractivity contribution in [3.8, 4) is 0 Å². The summed E-state index contributed by atoms with van der Waals surface area (Å²) < 4.78 is 2.46. The number of aromatic nitrogens is 2. The average molecular weight is 269 g/mol. The van der Waals surface area contributed by atoms with Gasteiger partial charge in [0.1, 0.15) is 5.82 Å². The summed E-state index contributed by atoms with van der Waals surface area (Å²) >= 11 is 2.03. The van der Waals surface area contributed by atoms with Gasteiger partial charge in [-0.2, -0.15) is 11.8 Å². The van der Waals surface area contributed by atoms with Crippen molar-refractivity contribution < 1.29 is 0 Å². The SMILES string of the molecule is CCNC(CCc1nccn1C)CSC(C)(C)C. The van der Waals surface area contributed by atoms with E-state index in [4.69, 9.17) is 0 Å². The van der Waals surface area contributed by atoms with Gasteiger partial charge in [0.25, 0.3) is 0 Å². The second-order valence-corrected chi connectivity index (χ2v) is 7.52. The molecule has 4 heteroatoms. The Kier molecular flexibility index (Phi) is 6.22. The summed E-state index contributed by atoms with van der Waals surface area (Å²) in [5, 5.41) is 3.58. The molecular weight excluding hydrogens is 242 g/mol. The molecule has 1 heterocycles. The molecule has 0 spiro atoms. The minimum atomic E-state index is 0.344. The van der Waals surface area contributed by atoms with Crippen LogP contribution >= 0.6 is 11.8 Å². The minimum absolute atomic E-state index is 0.344. The van der Waals surface area contributed by atoms with Gasteiger partial charge in [-0.25, -0.2) is 4.98 Å². The third kappa shape index (κ3) is 5.91. The smallest absolute Gasteiger partial charge is 0.108 e. The number of nitrogens with zero attached hydrogens (tertiary/aromatic N) is 2. The van der Waals surface area contributed by atoms with Crippen LogP contribution in [0, 0.1) is 0 Å². The Labute approximate surface area is 116 Å². The Bertz CT molecular complexity index is 341. The quantitative estimate of drug-likeness (QED) is 0.825. The van der Waals surface area contributed by atoms with Crippen LogP contribution in [0.1, 0.15) is 39.9 Å². The van der Waals surface area contributed by atoms with Crippen molar-refractivity contribution in [2.75, 3.05) is 12.3 Å². The fourth-order valence-electron chi connectivity index (χ4n) is 1.82. The molecule has 0 aromatic carbocycles. The molecule has 0 radical (unpaired) electrons. The van der Waals surface area contributed by atoms with E-state index in [1.165, 1.54) is 11.6 Å². The molecule has 3 nitrogen and oxygen atoms in total. The van der Waals surface area contributed by atoms with E-state index >= 15 is 0 Å². The Balaban J connectivity index is 2.40. The number of hydrogen-bond acceptors (Lipinski definition) is 3. The van der Waals surface area contributed by atoms with Crippen LogP contribution in [0.4, 0.5) is 0 Å². The van der Waals surface area contributed by atoms with Gasteiger partial charge in [0.15, 0.2) is 0 Å². The largest absolute Gasteiger partial charge is 0.338 e. The lowest BCUT2D eigenvalue weighted by atomic mass is 10.1. The molecule has 0 amide bonds. The number of aryl methyl sites for hydroxylation is 2. The van der Waals surface area contributed by atoms with Crippen molar-refractivity contribution in [2.45, 2.75) is 51.3 Å². The first-order chi connectivity index (χ1) is 8.42. The van der Waals surface area contributed by atoms with Gasteiger partial charge in [-0.1, -0.05) is 27.7 Å². The third-order valence-electron chi connectivity index (χ3n) is 2.85. The van der Waals surface area contributed by atoms with E-state index in [0.29, 0.717) is 10.8 Å². The fraction of sp³-hybridized carbons (Fsp3) is 0.786. The fourth-order valence-corrected chi connectivity index (χ4v) is 2.81. The van der Waals surface area contributed by atoms with E-state index in [1.807, 2.05) is 24.2 Å². The highest BCUT2D eigenvalue weighted by atomic mass is 32.2. The van der Waals surface area contributed by atoms with Gasteiger partial charge in [0.2, 0.25) is 0 Å². The maximum absolute atomic E-state index is 4.39. The molecule has 0 saturated carbocycles. The Morgan fingerprint density at radius 2 is 2.17 bits per heavy atom. The molecule has 0 fully saturated rings. The number of thioether (sulfide) groups is 1. The average Bonchev–Trinajstić information content (AvgIpc) is 2.67. The highest BCUT2D eigenvalue weighted by Gasteiger charge is 2.15. The highest BCUT2D eigenvalue weighted by Crippen LogP contribution is 2.24. The zero-order chi connectivity index (χ0) is 13.6. The predicted octanol–water partition coefficient (Wildman–Crippen LogP) is 2.86. The van der Waals surface area contributed by atoms with Gasteiger partial charge >= 0.3 is 0 Å². The molecule has 0 aliphatic heterocycles. The van der Waals surface area contributed by atoms with Crippen molar-refractivity contribution in [3.63, 3.8) is 0 Å². The first kappa shape index (κ1) is 15.6. The van der Waals surface area contributed by atoms with Gasteiger partial charge in [-0.3, -0.25) is 0 Å². The van der Waals surface area contributed by atoms with Gasteiger partial charge in [-0.15, -0.1) is 0 Å². The summed E-state index contributed by atoms with van der Waals surface area (Å²) in [7, 11) is 2.06. The molecule has 1 unspecified atom stereocenters. The van der Waals surface area contributed by atoms with E-state index < -0.39 is 0 Å². The summed E-state index contributed by atoms with van der Waals surface area (Å²) in [4.78, 5) is 4.39. The summed E-state index contributed by atoms with van der Waals surface area (Å²) in [5.41, 5.74) is 0. The van der Waals surface area contributed by atoms with Crippen LogP contribution in [0.3, 0.4) is 0 Å².